The molecule has 0 radical (unpaired) electrons. The van der Waals surface area contributed by atoms with E-state index in [-0.39, 0.29) is 11.8 Å². The van der Waals surface area contributed by atoms with E-state index < -0.39 is 18.1 Å². The molecule has 0 unspecified atom stereocenters. The van der Waals surface area contributed by atoms with E-state index in [1.54, 1.807) is 11.8 Å². The minimum atomic E-state index is -1.01. The molecule has 3 atom stereocenters. The van der Waals surface area contributed by atoms with Gasteiger partial charge in [0.05, 0.1) is 6.04 Å². The third-order valence-electron chi connectivity index (χ3n) is 2.78. The Hall–Kier alpha value is -0.750. The third kappa shape index (κ3) is 5.93. The number of carbonyl (C=O) groups is 2. The summed E-state index contributed by atoms with van der Waals surface area (Å²) in [4.78, 5) is 22.7. The molecule has 0 heterocycles. The SMILES string of the molecule is CC[C@H](C)[C@H](N)C(=O)N[C@H](CCSC)C(=O)O. The standard InChI is InChI=1S/C11H22N2O3S/c1-4-7(2)9(12)10(14)13-8(11(15)16)5-6-17-3/h7-9H,4-6,12H2,1-3H3,(H,13,14)(H,15,16)/t7-,8+,9-/m0/s1. The van der Waals surface area contributed by atoms with Gasteiger partial charge in [-0.2, -0.15) is 11.8 Å². The van der Waals surface area contributed by atoms with Crippen LogP contribution in [0.2, 0.25) is 0 Å². The first-order valence-corrected chi connectivity index (χ1v) is 7.11. The number of carboxylic acids is 1. The summed E-state index contributed by atoms with van der Waals surface area (Å²) in [7, 11) is 0. The Kier molecular flexibility index (Phi) is 7.99. The lowest BCUT2D eigenvalue weighted by Crippen LogP contribution is -2.50. The summed E-state index contributed by atoms with van der Waals surface area (Å²) < 4.78 is 0. The highest BCUT2D eigenvalue weighted by atomic mass is 32.2. The second-order valence-electron chi connectivity index (χ2n) is 4.09. The Morgan fingerprint density at radius 1 is 1.47 bits per heavy atom. The lowest BCUT2D eigenvalue weighted by atomic mass is 9.99. The summed E-state index contributed by atoms with van der Waals surface area (Å²) in [5.74, 6) is -0.655. The van der Waals surface area contributed by atoms with Crippen molar-refractivity contribution in [3.05, 3.63) is 0 Å². The van der Waals surface area contributed by atoms with Crippen molar-refractivity contribution in [3.8, 4) is 0 Å². The van der Waals surface area contributed by atoms with E-state index >= 15 is 0 Å². The van der Waals surface area contributed by atoms with Gasteiger partial charge in [0.1, 0.15) is 6.04 Å². The van der Waals surface area contributed by atoms with Crippen LogP contribution in [0.4, 0.5) is 0 Å². The van der Waals surface area contributed by atoms with Crippen molar-refractivity contribution < 1.29 is 14.7 Å². The number of thioether (sulfide) groups is 1. The second kappa shape index (κ2) is 8.36. The average molecular weight is 262 g/mol. The summed E-state index contributed by atoms with van der Waals surface area (Å²) in [6, 6.07) is -1.49. The van der Waals surface area contributed by atoms with Crippen molar-refractivity contribution in [3.63, 3.8) is 0 Å². The Morgan fingerprint density at radius 2 is 2.06 bits per heavy atom. The molecule has 0 fully saturated rings. The van der Waals surface area contributed by atoms with E-state index in [1.807, 2.05) is 20.1 Å². The van der Waals surface area contributed by atoms with Gasteiger partial charge in [-0.05, 0) is 24.3 Å². The van der Waals surface area contributed by atoms with Gasteiger partial charge in [-0.25, -0.2) is 4.79 Å². The van der Waals surface area contributed by atoms with Crippen LogP contribution >= 0.6 is 11.8 Å². The average Bonchev–Trinajstić information content (AvgIpc) is 2.31. The van der Waals surface area contributed by atoms with Crippen molar-refractivity contribution in [2.24, 2.45) is 11.7 Å². The summed E-state index contributed by atoms with van der Waals surface area (Å²) in [6.45, 7) is 3.82. The molecule has 0 spiro atoms. The predicted molar refractivity (Wildman–Crippen MR) is 70.0 cm³/mol. The van der Waals surface area contributed by atoms with Gasteiger partial charge >= 0.3 is 5.97 Å². The second-order valence-corrected chi connectivity index (χ2v) is 5.08. The van der Waals surface area contributed by atoms with Gasteiger partial charge in [0, 0.05) is 0 Å². The van der Waals surface area contributed by atoms with Crippen LogP contribution in [-0.4, -0.2) is 41.1 Å². The van der Waals surface area contributed by atoms with Crippen LogP contribution in [0.3, 0.4) is 0 Å². The van der Waals surface area contributed by atoms with Crippen LogP contribution in [0.1, 0.15) is 26.7 Å². The molecule has 100 valence electrons. The Bertz CT molecular complexity index is 261. The van der Waals surface area contributed by atoms with Gasteiger partial charge in [0.25, 0.3) is 0 Å². The van der Waals surface area contributed by atoms with Crippen LogP contribution in [-0.2, 0) is 9.59 Å². The summed E-state index contributed by atoms with van der Waals surface area (Å²) >= 11 is 1.55. The lowest BCUT2D eigenvalue weighted by Gasteiger charge is -2.21. The van der Waals surface area contributed by atoms with Gasteiger partial charge in [0.2, 0.25) is 5.91 Å². The van der Waals surface area contributed by atoms with E-state index in [4.69, 9.17) is 10.8 Å². The number of aliphatic carboxylic acids is 1. The monoisotopic (exact) mass is 262 g/mol. The molecule has 6 heteroatoms. The minimum Gasteiger partial charge on any atom is -0.480 e. The first-order chi connectivity index (χ1) is 7.93. The van der Waals surface area contributed by atoms with Crippen molar-refractivity contribution in [2.75, 3.05) is 12.0 Å². The quantitative estimate of drug-likeness (QED) is 0.598. The normalized spacial score (nSPS) is 16.0. The molecule has 0 aromatic heterocycles. The van der Waals surface area contributed by atoms with Gasteiger partial charge in [-0.3, -0.25) is 4.79 Å². The van der Waals surface area contributed by atoms with E-state index in [1.165, 1.54) is 0 Å². The molecular weight excluding hydrogens is 240 g/mol. The fourth-order valence-electron chi connectivity index (χ4n) is 1.27. The van der Waals surface area contributed by atoms with Crippen molar-refractivity contribution >= 4 is 23.6 Å². The molecule has 5 nitrogen and oxygen atoms in total. The van der Waals surface area contributed by atoms with Crippen LogP contribution in [0, 0.1) is 5.92 Å². The molecule has 0 bridgehead atoms. The molecule has 0 aliphatic rings. The molecular formula is C11H22N2O3S. The number of carboxylic acid groups (broad SMARTS) is 1. The van der Waals surface area contributed by atoms with Gasteiger partial charge in [-0.1, -0.05) is 20.3 Å². The number of hydrogen-bond donors (Lipinski definition) is 3. The number of nitrogens with one attached hydrogen (secondary N) is 1. The van der Waals surface area contributed by atoms with E-state index in [0.29, 0.717) is 12.2 Å². The van der Waals surface area contributed by atoms with Gasteiger partial charge in [0.15, 0.2) is 0 Å². The lowest BCUT2D eigenvalue weighted by molar-refractivity contribution is -0.142. The molecule has 0 aliphatic carbocycles. The Balaban J connectivity index is 4.34. The minimum absolute atomic E-state index is 0.0463. The highest BCUT2D eigenvalue weighted by Gasteiger charge is 2.25. The topological polar surface area (TPSA) is 92.4 Å². The molecule has 4 N–H and O–H groups in total. The van der Waals surface area contributed by atoms with Gasteiger partial charge in [-0.15, -0.1) is 0 Å². The van der Waals surface area contributed by atoms with Crippen LogP contribution in [0.15, 0.2) is 0 Å². The van der Waals surface area contributed by atoms with E-state index in [9.17, 15) is 9.59 Å². The third-order valence-corrected chi connectivity index (χ3v) is 3.43. The van der Waals surface area contributed by atoms with Crippen LogP contribution in [0.25, 0.3) is 0 Å². The highest BCUT2D eigenvalue weighted by Crippen LogP contribution is 2.07. The van der Waals surface area contributed by atoms with E-state index in [2.05, 4.69) is 5.32 Å². The largest absolute Gasteiger partial charge is 0.480 e. The van der Waals surface area contributed by atoms with E-state index in [0.717, 1.165) is 6.42 Å². The number of rotatable bonds is 8. The maximum atomic E-state index is 11.7. The van der Waals surface area contributed by atoms with Crippen molar-refractivity contribution in [1.29, 1.82) is 0 Å². The Labute approximate surface area is 107 Å². The molecule has 0 rings (SSSR count). The molecule has 0 aliphatic heterocycles. The number of amides is 1. The number of hydrogen-bond acceptors (Lipinski definition) is 4. The molecule has 0 aromatic rings. The zero-order valence-corrected chi connectivity index (χ0v) is 11.4. The molecule has 17 heavy (non-hydrogen) atoms. The predicted octanol–water partition coefficient (Wildman–Crippen LogP) is 0.682. The van der Waals surface area contributed by atoms with Crippen LogP contribution < -0.4 is 11.1 Å². The zero-order chi connectivity index (χ0) is 13.4. The molecule has 0 aromatic carbocycles. The fourth-order valence-corrected chi connectivity index (χ4v) is 1.74. The molecule has 0 saturated carbocycles. The maximum Gasteiger partial charge on any atom is 0.326 e. The maximum absolute atomic E-state index is 11.7. The molecule has 1 amide bonds. The fraction of sp³-hybridized carbons (Fsp3) is 0.818. The smallest absolute Gasteiger partial charge is 0.326 e. The molecule has 0 saturated heterocycles. The summed E-state index contributed by atoms with van der Waals surface area (Å²) in [6.07, 6.45) is 3.10. The van der Waals surface area contributed by atoms with Crippen LogP contribution in [0.5, 0.6) is 0 Å². The number of nitrogens with two attached hydrogens (primary N) is 1. The van der Waals surface area contributed by atoms with Crippen molar-refractivity contribution in [1.82, 2.24) is 5.32 Å². The summed E-state index contributed by atoms with van der Waals surface area (Å²) in [5.41, 5.74) is 5.74. The first-order valence-electron chi connectivity index (χ1n) is 5.71. The first kappa shape index (κ1) is 16.2. The highest BCUT2D eigenvalue weighted by molar-refractivity contribution is 7.98. The zero-order valence-electron chi connectivity index (χ0n) is 10.6. The van der Waals surface area contributed by atoms with Gasteiger partial charge < -0.3 is 16.2 Å². The van der Waals surface area contributed by atoms with Crippen molar-refractivity contribution in [2.45, 2.75) is 38.8 Å². The number of carbonyl (C=O) groups excluding carboxylic acids is 1. The Morgan fingerprint density at radius 3 is 2.47 bits per heavy atom. The summed E-state index contributed by atoms with van der Waals surface area (Å²) in [5, 5.41) is 11.5.